The van der Waals surface area contributed by atoms with Crippen LogP contribution in [0.2, 0.25) is 0 Å². The van der Waals surface area contributed by atoms with Crippen LogP contribution in [0, 0.1) is 13.8 Å². The predicted octanol–water partition coefficient (Wildman–Crippen LogP) is 4.84. The largest absolute Gasteiger partial charge is 0.508 e. The highest BCUT2D eigenvalue weighted by molar-refractivity contribution is 5.77. The van der Waals surface area contributed by atoms with E-state index in [0.717, 1.165) is 22.3 Å². The molecular formula is C21H20O2. The summed E-state index contributed by atoms with van der Waals surface area (Å²) >= 11 is 0. The Hall–Kier alpha value is -2.58. The summed E-state index contributed by atoms with van der Waals surface area (Å²) in [5, 5.41) is 18.8. The molecule has 0 saturated heterocycles. The number of phenols is 1. The van der Waals surface area contributed by atoms with Crippen LogP contribution in [0.25, 0.3) is 22.3 Å². The topological polar surface area (TPSA) is 40.5 Å². The molecule has 0 fully saturated rings. The molecule has 0 aliphatic carbocycles. The van der Waals surface area contributed by atoms with Gasteiger partial charge in [-0.15, -0.1) is 0 Å². The van der Waals surface area contributed by atoms with Gasteiger partial charge in [-0.3, -0.25) is 0 Å². The van der Waals surface area contributed by atoms with Crippen LogP contribution in [0.5, 0.6) is 5.75 Å². The number of hydrogen-bond acceptors (Lipinski definition) is 2. The number of phenolic OH excluding ortho intramolecular Hbond substituents is 1. The minimum Gasteiger partial charge on any atom is -0.508 e. The zero-order chi connectivity index (χ0) is 16.4. The van der Waals surface area contributed by atoms with Crippen LogP contribution in [0.3, 0.4) is 0 Å². The predicted molar refractivity (Wildman–Crippen MR) is 94.4 cm³/mol. The zero-order valence-electron chi connectivity index (χ0n) is 13.4. The highest BCUT2D eigenvalue weighted by Crippen LogP contribution is 2.33. The molecule has 0 spiro atoms. The van der Waals surface area contributed by atoms with Crippen molar-refractivity contribution >= 4 is 0 Å². The molecule has 2 N–H and O–H groups in total. The average molecular weight is 304 g/mol. The maximum Gasteiger partial charge on any atom is 0.115 e. The van der Waals surface area contributed by atoms with E-state index < -0.39 is 0 Å². The second-order valence-electron chi connectivity index (χ2n) is 5.89. The lowest BCUT2D eigenvalue weighted by molar-refractivity contribution is 0.282. The molecule has 23 heavy (non-hydrogen) atoms. The second kappa shape index (κ2) is 6.27. The summed E-state index contributed by atoms with van der Waals surface area (Å²) in [5.74, 6) is 0.277. The first-order valence-electron chi connectivity index (χ1n) is 7.69. The number of benzene rings is 3. The Morgan fingerprint density at radius 1 is 0.739 bits per heavy atom. The van der Waals surface area contributed by atoms with Crippen molar-refractivity contribution in [3.63, 3.8) is 0 Å². The van der Waals surface area contributed by atoms with Crippen LogP contribution in [0.4, 0.5) is 0 Å². The summed E-state index contributed by atoms with van der Waals surface area (Å²) in [6.45, 7) is 4.27. The molecule has 0 saturated carbocycles. The van der Waals surface area contributed by atoms with Crippen molar-refractivity contribution in [2.24, 2.45) is 0 Å². The molecule has 0 heterocycles. The van der Waals surface area contributed by atoms with E-state index in [0.29, 0.717) is 0 Å². The van der Waals surface area contributed by atoms with Gasteiger partial charge in [-0.2, -0.15) is 0 Å². The second-order valence-corrected chi connectivity index (χ2v) is 5.89. The van der Waals surface area contributed by atoms with Crippen molar-refractivity contribution in [3.05, 3.63) is 77.4 Å². The van der Waals surface area contributed by atoms with Gasteiger partial charge in [-0.05, 0) is 71.0 Å². The molecule has 0 amide bonds. The normalized spacial score (nSPS) is 10.7. The Labute approximate surface area is 136 Å². The fraction of sp³-hybridized carbons (Fsp3) is 0.143. The molecule has 3 aromatic carbocycles. The lowest BCUT2D eigenvalue weighted by Crippen LogP contribution is -1.92. The van der Waals surface area contributed by atoms with Crippen LogP contribution in [0.1, 0.15) is 16.7 Å². The molecule has 2 heteroatoms. The number of aryl methyl sites for hydroxylation is 2. The zero-order valence-corrected chi connectivity index (χ0v) is 13.4. The van der Waals surface area contributed by atoms with Gasteiger partial charge in [0.2, 0.25) is 0 Å². The number of aliphatic hydroxyl groups excluding tert-OH is 1. The van der Waals surface area contributed by atoms with Gasteiger partial charge in [0.1, 0.15) is 5.75 Å². The first-order valence-corrected chi connectivity index (χ1v) is 7.69. The highest BCUT2D eigenvalue weighted by Gasteiger charge is 2.09. The first-order chi connectivity index (χ1) is 11.1. The number of aliphatic hydroxyl groups is 1. The van der Waals surface area contributed by atoms with Crippen LogP contribution in [-0.4, -0.2) is 10.2 Å². The molecule has 2 nitrogen and oxygen atoms in total. The van der Waals surface area contributed by atoms with E-state index >= 15 is 0 Å². The fourth-order valence-corrected chi connectivity index (χ4v) is 3.06. The number of hydrogen-bond donors (Lipinski definition) is 2. The van der Waals surface area contributed by atoms with Crippen molar-refractivity contribution in [2.75, 3.05) is 0 Å². The standard InChI is InChI=1S/C21H20O2/c1-14-10-19(17-6-8-20(23)9-7-17)11-15(2)21(14)18-5-3-4-16(12-18)13-22/h3-12,22-23H,13H2,1-2H3. The summed E-state index contributed by atoms with van der Waals surface area (Å²) in [5.41, 5.74) is 7.88. The Bertz CT molecular complexity index is 810. The summed E-state index contributed by atoms with van der Waals surface area (Å²) in [4.78, 5) is 0. The van der Waals surface area contributed by atoms with Gasteiger partial charge < -0.3 is 10.2 Å². The van der Waals surface area contributed by atoms with Gasteiger partial charge in [-0.25, -0.2) is 0 Å². The van der Waals surface area contributed by atoms with Crippen molar-refractivity contribution < 1.29 is 10.2 Å². The van der Waals surface area contributed by atoms with E-state index in [9.17, 15) is 10.2 Å². The fourth-order valence-electron chi connectivity index (χ4n) is 3.06. The maximum atomic E-state index is 9.43. The van der Waals surface area contributed by atoms with E-state index in [1.165, 1.54) is 16.7 Å². The minimum absolute atomic E-state index is 0.0531. The summed E-state index contributed by atoms with van der Waals surface area (Å²) < 4.78 is 0. The molecule has 116 valence electrons. The average Bonchev–Trinajstić information content (AvgIpc) is 2.55. The van der Waals surface area contributed by atoms with Gasteiger partial charge in [0.05, 0.1) is 6.61 Å². The Morgan fingerprint density at radius 3 is 2.00 bits per heavy atom. The Balaban J connectivity index is 2.08. The van der Waals surface area contributed by atoms with Gasteiger partial charge in [0, 0.05) is 0 Å². The smallest absolute Gasteiger partial charge is 0.115 e. The monoisotopic (exact) mass is 304 g/mol. The molecule has 3 aromatic rings. The molecule has 0 bridgehead atoms. The van der Waals surface area contributed by atoms with Crippen molar-refractivity contribution in [1.82, 2.24) is 0 Å². The molecule has 0 aliphatic rings. The molecule has 0 atom stereocenters. The van der Waals surface area contributed by atoms with Gasteiger partial charge in [-0.1, -0.05) is 42.5 Å². The SMILES string of the molecule is Cc1cc(-c2ccc(O)cc2)cc(C)c1-c1cccc(CO)c1. The molecule has 0 unspecified atom stereocenters. The van der Waals surface area contributed by atoms with Crippen LogP contribution in [-0.2, 0) is 6.61 Å². The Kier molecular flexibility index (Phi) is 4.18. The molecule has 0 aromatic heterocycles. The van der Waals surface area contributed by atoms with Crippen LogP contribution >= 0.6 is 0 Å². The van der Waals surface area contributed by atoms with Gasteiger partial charge in [0.25, 0.3) is 0 Å². The third-order valence-electron chi connectivity index (χ3n) is 4.13. The van der Waals surface area contributed by atoms with E-state index in [4.69, 9.17) is 0 Å². The third-order valence-corrected chi connectivity index (χ3v) is 4.13. The number of rotatable bonds is 3. The molecule has 3 rings (SSSR count). The summed E-state index contributed by atoms with van der Waals surface area (Å²) in [6.07, 6.45) is 0. The van der Waals surface area contributed by atoms with Gasteiger partial charge in [0.15, 0.2) is 0 Å². The van der Waals surface area contributed by atoms with E-state index in [-0.39, 0.29) is 12.4 Å². The number of aromatic hydroxyl groups is 1. The quantitative estimate of drug-likeness (QED) is 0.727. The summed E-state index contributed by atoms with van der Waals surface area (Å²) in [6, 6.07) is 19.6. The van der Waals surface area contributed by atoms with Crippen molar-refractivity contribution in [1.29, 1.82) is 0 Å². The third kappa shape index (κ3) is 3.13. The molecule has 0 aliphatic heterocycles. The van der Waals surface area contributed by atoms with Crippen LogP contribution < -0.4 is 0 Å². The summed E-state index contributed by atoms with van der Waals surface area (Å²) in [7, 11) is 0. The lowest BCUT2D eigenvalue weighted by Gasteiger charge is -2.14. The van der Waals surface area contributed by atoms with Gasteiger partial charge >= 0.3 is 0 Å². The van der Waals surface area contributed by atoms with E-state index in [1.807, 2.05) is 30.3 Å². The minimum atomic E-state index is 0.0531. The van der Waals surface area contributed by atoms with E-state index in [2.05, 4.69) is 32.0 Å². The lowest BCUT2D eigenvalue weighted by atomic mass is 9.91. The molecule has 0 radical (unpaired) electrons. The van der Waals surface area contributed by atoms with Crippen LogP contribution in [0.15, 0.2) is 60.7 Å². The van der Waals surface area contributed by atoms with Crippen molar-refractivity contribution in [3.8, 4) is 28.0 Å². The molecular weight excluding hydrogens is 284 g/mol. The highest BCUT2D eigenvalue weighted by atomic mass is 16.3. The Morgan fingerprint density at radius 2 is 1.39 bits per heavy atom. The first kappa shape index (κ1) is 15.3. The van der Waals surface area contributed by atoms with E-state index in [1.54, 1.807) is 12.1 Å². The van der Waals surface area contributed by atoms with Crippen molar-refractivity contribution in [2.45, 2.75) is 20.5 Å². The maximum absolute atomic E-state index is 9.43.